The summed E-state index contributed by atoms with van der Waals surface area (Å²) in [5.74, 6) is 0.311. The third kappa shape index (κ3) is 4.89. The largest absolute Gasteiger partial charge is 0.434 e. The summed E-state index contributed by atoms with van der Waals surface area (Å²) < 4.78 is 4.98. The second-order valence-corrected chi connectivity index (χ2v) is 6.04. The van der Waals surface area contributed by atoms with E-state index in [1.54, 1.807) is 12.1 Å². The minimum absolute atomic E-state index is 0. The van der Waals surface area contributed by atoms with Gasteiger partial charge in [0, 0.05) is 11.6 Å². The Morgan fingerprint density at radius 3 is 2.67 bits per heavy atom. The van der Waals surface area contributed by atoms with Crippen molar-refractivity contribution in [1.82, 2.24) is 15.5 Å². The quantitative estimate of drug-likeness (QED) is 0.739. The number of rotatable bonds is 4. The van der Waals surface area contributed by atoms with E-state index in [0.717, 1.165) is 31.6 Å². The van der Waals surface area contributed by atoms with Crippen LogP contribution in [0.25, 0.3) is 11.5 Å². The fourth-order valence-corrected chi connectivity index (χ4v) is 3.00. The number of nitrogens with zero attached hydrogens (tertiary/aromatic N) is 1. The number of halogens is 3. The van der Waals surface area contributed by atoms with Gasteiger partial charge in [0.05, 0.1) is 10.7 Å². The van der Waals surface area contributed by atoms with E-state index in [9.17, 15) is 4.79 Å². The smallest absolute Gasteiger partial charge is 0.388 e. The summed E-state index contributed by atoms with van der Waals surface area (Å²) in [5, 5.41) is 13.6. The van der Waals surface area contributed by atoms with Crippen molar-refractivity contribution < 1.29 is 4.42 Å². The predicted molar refractivity (Wildman–Crippen MR) is 101 cm³/mol. The molecule has 0 saturated carbocycles. The molecule has 6 nitrogen and oxygen atoms in total. The van der Waals surface area contributed by atoms with Crippen molar-refractivity contribution in [2.75, 3.05) is 18.4 Å². The predicted octanol–water partition coefficient (Wildman–Crippen LogP) is 3.33. The molecule has 134 valence electrons. The Hall–Kier alpha value is -1.21. The van der Waals surface area contributed by atoms with Crippen LogP contribution in [0.1, 0.15) is 19.8 Å². The summed E-state index contributed by atoms with van der Waals surface area (Å²) in [5.41, 5.74) is 1.54. The lowest BCUT2D eigenvalue weighted by molar-refractivity contribution is 0.343. The van der Waals surface area contributed by atoms with Gasteiger partial charge in [-0.15, -0.1) is 29.9 Å². The summed E-state index contributed by atoms with van der Waals surface area (Å²) in [7, 11) is 0. The standard InChI is InChI=1S/C15H19ClN4O2.2ClH/c1-9(10-4-6-17-7-5-10)18-13-8-11(2-3-12(13)16)14-19-20-15(21)22-14;;/h2-3,8-10,17-18H,4-7H2,1H3,(H,20,21);2*1H. The highest BCUT2D eigenvalue weighted by Crippen LogP contribution is 2.29. The van der Waals surface area contributed by atoms with Gasteiger partial charge in [0.1, 0.15) is 0 Å². The first-order chi connectivity index (χ1) is 10.6. The zero-order valence-electron chi connectivity index (χ0n) is 13.2. The van der Waals surface area contributed by atoms with Gasteiger partial charge in [-0.25, -0.2) is 9.89 Å². The number of benzene rings is 1. The highest BCUT2D eigenvalue weighted by atomic mass is 35.5. The Balaban J connectivity index is 0.00000144. The van der Waals surface area contributed by atoms with Crippen LogP contribution in [0.3, 0.4) is 0 Å². The Morgan fingerprint density at radius 2 is 2.04 bits per heavy atom. The zero-order chi connectivity index (χ0) is 15.5. The highest BCUT2D eigenvalue weighted by molar-refractivity contribution is 6.33. The van der Waals surface area contributed by atoms with E-state index in [4.69, 9.17) is 16.0 Å². The van der Waals surface area contributed by atoms with E-state index < -0.39 is 5.76 Å². The van der Waals surface area contributed by atoms with Crippen LogP contribution in [-0.4, -0.2) is 29.3 Å². The molecular weight excluding hydrogens is 375 g/mol. The first-order valence-corrected chi connectivity index (χ1v) is 7.84. The summed E-state index contributed by atoms with van der Waals surface area (Å²) in [6, 6.07) is 5.74. The summed E-state index contributed by atoms with van der Waals surface area (Å²) in [6.45, 7) is 4.29. The van der Waals surface area contributed by atoms with Crippen LogP contribution in [0.5, 0.6) is 0 Å². The monoisotopic (exact) mass is 394 g/mol. The summed E-state index contributed by atoms with van der Waals surface area (Å²) in [4.78, 5) is 11.1. The van der Waals surface area contributed by atoms with E-state index >= 15 is 0 Å². The van der Waals surface area contributed by atoms with Crippen molar-refractivity contribution in [3.8, 4) is 11.5 Å². The molecule has 1 fully saturated rings. The minimum atomic E-state index is -0.567. The molecule has 0 radical (unpaired) electrons. The Bertz CT molecular complexity index is 698. The van der Waals surface area contributed by atoms with Gasteiger partial charge in [-0.3, -0.25) is 0 Å². The van der Waals surface area contributed by atoms with Crippen molar-refractivity contribution >= 4 is 42.1 Å². The van der Waals surface area contributed by atoms with Gasteiger partial charge >= 0.3 is 5.76 Å². The Kier molecular flexibility index (Phi) is 8.09. The molecule has 1 aromatic carbocycles. The third-order valence-corrected chi connectivity index (χ3v) is 4.46. The average Bonchev–Trinajstić information content (AvgIpc) is 2.97. The number of hydrogen-bond donors (Lipinski definition) is 3. The lowest BCUT2D eigenvalue weighted by Crippen LogP contribution is -2.36. The molecule has 0 spiro atoms. The Labute approximate surface area is 157 Å². The van der Waals surface area contributed by atoms with Gasteiger partial charge in [0.2, 0.25) is 5.89 Å². The number of H-pyrrole nitrogens is 1. The molecule has 1 unspecified atom stereocenters. The molecule has 0 amide bonds. The van der Waals surface area contributed by atoms with Gasteiger partial charge in [-0.05, 0) is 57.0 Å². The van der Waals surface area contributed by atoms with Crippen molar-refractivity contribution in [2.24, 2.45) is 5.92 Å². The number of aromatic nitrogens is 2. The number of nitrogens with one attached hydrogen (secondary N) is 3. The minimum Gasteiger partial charge on any atom is -0.388 e. The second kappa shape index (κ2) is 9.32. The van der Waals surface area contributed by atoms with Crippen molar-refractivity contribution in [3.63, 3.8) is 0 Å². The second-order valence-electron chi connectivity index (χ2n) is 5.63. The van der Waals surface area contributed by atoms with Gasteiger partial charge < -0.3 is 15.1 Å². The molecule has 24 heavy (non-hydrogen) atoms. The van der Waals surface area contributed by atoms with Gasteiger partial charge in [-0.2, -0.15) is 0 Å². The van der Waals surface area contributed by atoms with E-state index in [0.29, 0.717) is 22.5 Å². The van der Waals surface area contributed by atoms with Crippen LogP contribution >= 0.6 is 36.4 Å². The molecule has 2 aromatic rings. The number of anilines is 1. The average molecular weight is 396 g/mol. The molecule has 1 aliphatic rings. The molecule has 1 saturated heterocycles. The topological polar surface area (TPSA) is 83.0 Å². The molecule has 0 aliphatic carbocycles. The van der Waals surface area contributed by atoms with E-state index in [1.165, 1.54) is 0 Å². The zero-order valence-corrected chi connectivity index (χ0v) is 15.6. The summed E-state index contributed by atoms with van der Waals surface area (Å²) in [6.07, 6.45) is 2.30. The highest BCUT2D eigenvalue weighted by Gasteiger charge is 2.20. The Morgan fingerprint density at radius 1 is 1.33 bits per heavy atom. The van der Waals surface area contributed by atoms with E-state index in [2.05, 4.69) is 27.8 Å². The van der Waals surface area contributed by atoms with Crippen LogP contribution in [0.2, 0.25) is 5.02 Å². The SMILES string of the molecule is CC(Nc1cc(-c2n[nH]c(=O)o2)ccc1Cl)C1CCNCC1.Cl.Cl. The molecule has 3 N–H and O–H groups in total. The van der Waals surface area contributed by atoms with Crippen LogP contribution < -0.4 is 16.4 Å². The molecule has 0 bridgehead atoms. The fraction of sp³-hybridized carbons (Fsp3) is 0.467. The lowest BCUT2D eigenvalue weighted by atomic mass is 9.91. The van der Waals surface area contributed by atoms with Gasteiger partial charge in [-0.1, -0.05) is 11.6 Å². The van der Waals surface area contributed by atoms with Crippen molar-refractivity contribution in [2.45, 2.75) is 25.8 Å². The molecular formula is C15H21Cl3N4O2. The molecule has 2 heterocycles. The number of piperidine rings is 1. The number of aromatic amines is 1. The van der Waals surface area contributed by atoms with Gasteiger partial charge in [0.25, 0.3) is 0 Å². The lowest BCUT2D eigenvalue weighted by Gasteiger charge is -2.29. The van der Waals surface area contributed by atoms with Crippen molar-refractivity contribution in [3.05, 3.63) is 33.8 Å². The molecule has 1 atom stereocenters. The summed E-state index contributed by atoms with van der Waals surface area (Å²) >= 11 is 6.28. The van der Waals surface area contributed by atoms with E-state index in [-0.39, 0.29) is 30.7 Å². The van der Waals surface area contributed by atoms with Crippen LogP contribution in [0, 0.1) is 5.92 Å². The molecule has 3 rings (SSSR count). The first kappa shape index (κ1) is 20.8. The van der Waals surface area contributed by atoms with Gasteiger partial charge in [0.15, 0.2) is 0 Å². The van der Waals surface area contributed by atoms with Crippen LogP contribution in [-0.2, 0) is 0 Å². The molecule has 1 aromatic heterocycles. The van der Waals surface area contributed by atoms with E-state index in [1.807, 2.05) is 6.07 Å². The maximum Gasteiger partial charge on any atom is 0.434 e. The van der Waals surface area contributed by atoms with Crippen molar-refractivity contribution in [1.29, 1.82) is 0 Å². The molecule has 9 heteroatoms. The third-order valence-electron chi connectivity index (χ3n) is 4.13. The maximum atomic E-state index is 11.1. The number of hydrogen-bond acceptors (Lipinski definition) is 5. The maximum absolute atomic E-state index is 11.1. The fourth-order valence-electron chi connectivity index (χ4n) is 2.83. The normalized spacial score (nSPS) is 15.9. The first-order valence-electron chi connectivity index (χ1n) is 7.46. The van der Waals surface area contributed by atoms with Crippen LogP contribution in [0.15, 0.2) is 27.4 Å². The van der Waals surface area contributed by atoms with Crippen LogP contribution in [0.4, 0.5) is 5.69 Å². The molecule has 1 aliphatic heterocycles.